The zero-order valence-corrected chi connectivity index (χ0v) is 21.0. The molecule has 1 saturated heterocycles. The van der Waals surface area contributed by atoms with Crippen LogP contribution in [0.4, 0.5) is 0 Å². The van der Waals surface area contributed by atoms with Crippen LogP contribution in [-0.4, -0.2) is 45.9 Å². The molecule has 5 fully saturated rings. The summed E-state index contributed by atoms with van der Waals surface area (Å²) in [6.45, 7) is 6.34. The van der Waals surface area contributed by atoms with Crippen LogP contribution in [0.25, 0.3) is 0 Å². The maximum atomic E-state index is 12.4. The fourth-order valence-electron chi connectivity index (χ4n) is 10.1. The molecule has 1 aromatic heterocycles. The highest BCUT2D eigenvalue weighted by atomic mass is 16.4. The van der Waals surface area contributed by atoms with Crippen molar-refractivity contribution in [2.75, 3.05) is 13.2 Å². The Bertz CT molecular complexity index is 957. The zero-order valence-electron chi connectivity index (χ0n) is 21.0. The predicted molar refractivity (Wildman–Crippen MR) is 132 cm³/mol. The van der Waals surface area contributed by atoms with E-state index in [1.54, 1.807) is 6.26 Å². The molecule has 1 aliphatic heterocycles. The minimum absolute atomic E-state index is 0.154. The molecule has 4 saturated carbocycles. The van der Waals surface area contributed by atoms with Gasteiger partial charge in [0.05, 0.1) is 18.5 Å². The number of likely N-dealkylation sites (tertiary alicyclic amines) is 1. The number of hydrogen-bond donors (Lipinski definition) is 2. The van der Waals surface area contributed by atoms with Crippen molar-refractivity contribution in [2.45, 2.75) is 108 Å². The van der Waals surface area contributed by atoms with Crippen LogP contribution in [0, 0.1) is 28.6 Å². The van der Waals surface area contributed by atoms with E-state index in [-0.39, 0.29) is 17.0 Å². The third-order valence-electron chi connectivity index (χ3n) is 12.1. The van der Waals surface area contributed by atoms with E-state index in [1.807, 2.05) is 6.07 Å². The Balaban J connectivity index is 1.24. The van der Waals surface area contributed by atoms with Crippen LogP contribution in [0.15, 0.2) is 27.6 Å². The number of hydrogen-bond acceptors (Lipinski definition) is 5. The third-order valence-corrected chi connectivity index (χ3v) is 12.1. The quantitative estimate of drug-likeness (QED) is 0.671. The van der Waals surface area contributed by atoms with Gasteiger partial charge in [0, 0.05) is 23.6 Å². The fourth-order valence-corrected chi connectivity index (χ4v) is 10.1. The van der Waals surface area contributed by atoms with Crippen molar-refractivity contribution in [3.8, 4) is 0 Å². The van der Waals surface area contributed by atoms with E-state index in [4.69, 9.17) is 4.42 Å². The SMILES string of the molecule is C[C@]12CC[C@H](N3CCCC3CO)C[C@H]1CC[C@@H]1[C@@H]2CC[C@]2(C)[C@@H](c3ccc(=O)oc3)CC[C@]12O. The van der Waals surface area contributed by atoms with Gasteiger partial charge >= 0.3 is 5.63 Å². The second-order valence-electron chi connectivity index (χ2n) is 13.0. The molecule has 0 spiro atoms. The monoisotopic (exact) mass is 469 g/mol. The Labute approximate surface area is 203 Å². The van der Waals surface area contributed by atoms with Gasteiger partial charge in [-0.3, -0.25) is 4.90 Å². The molecule has 34 heavy (non-hydrogen) atoms. The highest BCUT2D eigenvalue weighted by Gasteiger charge is 2.67. The highest BCUT2D eigenvalue weighted by molar-refractivity contribution is 5.27. The first kappa shape index (κ1) is 23.2. The average Bonchev–Trinajstić information content (AvgIpc) is 3.41. The summed E-state index contributed by atoms with van der Waals surface area (Å²) in [6, 6.07) is 4.47. The van der Waals surface area contributed by atoms with Crippen molar-refractivity contribution in [3.05, 3.63) is 34.4 Å². The van der Waals surface area contributed by atoms with E-state index >= 15 is 0 Å². The van der Waals surface area contributed by atoms with Crippen LogP contribution < -0.4 is 5.63 Å². The van der Waals surface area contributed by atoms with Crippen LogP contribution in [0.5, 0.6) is 0 Å². The van der Waals surface area contributed by atoms with Crippen LogP contribution in [0.3, 0.4) is 0 Å². The summed E-state index contributed by atoms with van der Waals surface area (Å²) < 4.78 is 5.23. The number of fused-ring (bicyclic) bond motifs is 5. The van der Waals surface area contributed by atoms with E-state index in [1.165, 1.54) is 44.6 Å². The van der Waals surface area contributed by atoms with Gasteiger partial charge in [-0.2, -0.15) is 0 Å². The van der Waals surface area contributed by atoms with Crippen LogP contribution in [-0.2, 0) is 0 Å². The molecule has 2 heterocycles. The third kappa shape index (κ3) is 3.18. The van der Waals surface area contributed by atoms with Gasteiger partial charge in [0.2, 0.25) is 0 Å². The smallest absolute Gasteiger partial charge is 0.335 e. The molecule has 5 aliphatic rings. The Hall–Kier alpha value is -1.17. The van der Waals surface area contributed by atoms with Gasteiger partial charge in [-0.25, -0.2) is 4.79 Å². The second kappa shape index (κ2) is 8.18. The second-order valence-corrected chi connectivity index (χ2v) is 13.0. The van der Waals surface area contributed by atoms with Crippen molar-refractivity contribution in [1.29, 1.82) is 0 Å². The first-order chi connectivity index (χ1) is 16.3. The summed E-state index contributed by atoms with van der Waals surface area (Å²) in [4.78, 5) is 14.2. The molecular formula is C29H43NO4. The van der Waals surface area contributed by atoms with Gasteiger partial charge in [-0.1, -0.05) is 13.8 Å². The molecule has 0 amide bonds. The predicted octanol–water partition coefficient (Wildman–Crippen LogP) is 4.71. The van der Waals surface area contributed by atoms with E-state index < -0.39 is 5.60 Å². The molecule has 1 aromatic rings. The fraction of sp³-hybridized carbons (Fsp3) is 0.828. The Morgan fingerprint density at radius 2 is 1.88 bits per heavy atom. The largest absolute Gasteiger partial charge is 0.431 e. The summed E-state index contributed by atoms with van der Waals surface area (Å²) in [7, 11) is 0. The summed E-state index contributed by atoms with van der Waals surface area (Å²) >= 11 is 0. The molecule has 4 aliphatic carbocycles. The first-order valence-corrected chi connectivity index (χ1v) is 14.0. The van der Waals surface area contributed by atoms with Crippen LogP contribution in [0.1, 0.15) is 96.0 Å². The summed E-state index contributed by atoms with van der Waals surface area (Å²) in [5, 5.41) is 22.3. The normalized spacial score (nSPS) is 48.8. The van der Waals surface area contributed by atoms with Crippen molar-refractivity contribution >= 4 is 0 Å². The van der Waals surface area contributed by atoms with Gasteiger partial charge in [0.25, 0.3) is 0 Å². The standard InChI is InChI=1S/C29H43NO4/c1-27-12-9-21(30-15-3-4-22(30)17-31)16-20(27)6-7-25-24(27)10-13-28(2)23(11-14-29(25,28)33)19-5-8-26(32)34-18-19/h5,8,18,20-25,31,33H,3-4,6-7,9-17H2,1-2H3/t20-,21+,22?,23-,24+,25-,27+,28-,29+/m1/s1. The Morgan fingerprint density at radius 3 is 2.65 bits per heavy atom. The van der Waals surface area contributed by atoms with Crippen molar-refractivity contribution < 1.29 is 14.6 Å². The number of aliphatic hydroxyl groups is 2. The lowest BCUT2D eigenvalue weighted by Gasteiger charge is -2.64. The molecule has 2 N–H and O–H groups in total. The maximum absolute atomic E-state index is 12.4. The lowest BCUT2D eigenvalue weighted by atomic mass is 9.43. The van der Waals surface area contributed by atoms with E-state index in [0.29, 0.717) is 35.9 Å². The topological polar surface area (TPSA) is 73.9 Å². The van der Waals surface area contributed by atoms with Crippen LogP contribution >= 0.6 is 0 Å². The molecule has 5 nitrogen and oxygen atoms in total. The molecule has 0 bridgehead atoms. The minimum Gasteiger partial charge on any atom is -0.431 e. The van der Waals surface area contributed by atoms with Gasteiger partial charge in [0.15, 0.2) is 0 Å². The average molecular weight is 470 g/mol. The van der Waals surface area contributed by atoms with E-state index in [0.717, 1.165) is 50.1 Å². The lowest BCUT2D eigenvalue weighted by molar-refractivity contribution is -0.204. The van der Waals surface area contributed by atoms with Crippen LogP contribution in [0.2, 0.25) is 0 Å². The number of rotatable bonds is 3. The van der Waals surface area contributed by atoms with Gasteiger partial charge in [-0.15, -0.1) is 0 Å². The molecule has 0 radical (unpaired) electrons. The van der Waals surface area contributed by atoms with Gasteiger partial charge in [-0.05, 0) is 118 Å². The Morgan fingerprint density at radius 1 is 1.03 bits per heavy atom. The van der Waals surface area contributed by atoms with Gasteiger partial charge < -0.3 is 14.6 Å². The zero-order chi connectivity index (χ0) is 23.7. The van der Waals surface area contributed by atoms with E-state index in [2.05, 4.69) is 18.7 Å². The van der Waals surface area contributed by atoms with Crippen molar-refractivity contribution in [1.82, 2.24) is 4.90 Å². The molecule has 6 rings (SSSR count). The molecule has 188 valence electrons. The van der Waals surface area contributed by atoms with E-state index in [9.17, 15) is 15.0 Å². The van der Waals surface area contributed by atoms with Gasteiger partial charge in [0.1, 0.15) is 0 Å². The summed E-state index contributed by atoms with van der Waals surface area (Å²) in [5.41, 5.74) is 0.326. The van der Waals surface area contributed by atoms with Crippen molar-refractivity contribution in [3.63, 3.8) is 0 Å². The molecule has 9 atom stereocenters. The molecule has 5 heteroatoms. The lowest BCUT2D eigenvalue weighted by Crippen LogP contribution is -2.62. The number of aliphatic hydroxyl groups excluding tert-OH is 1. The highest BCUT2D eigenvalue weighted by Crippen LogP contribution is 2.70. The van der Waals surface area contributed by atoms with Crippen molar-refractivity contribution in [2.24, 2.45) is 28.6 Å². The molecule has 1 unspecified atom stereocenters. The molecular weight excluding hydrogens is 426 g/mol. The first-order valence-electron chi connectivity index (χ1n) is 14.0. The Kier molecular flexibility index (Phi) is 5.59. The maximum Gasteiger partial charge on any atom is 0.335 e. The summed E-state index contributed by atoms with van der Waals surface area (Å²) in [5.74, 6) is 1.97. The number of nitrogens with zero attached hydrogens (tertiary/aromatic N) is 1. The summed E-state index contributed by atoms with van der Waals surface area (Å²) in [6.07, 6.45) is 14.3. The molecule has 0 aromatic carbocycles. The minimum atomic E-state index is -0.627.